The maximum absolute atomic E-state index is 14.0. The van der Waals surface area contributed by atoms with E-state index in [-0.39, 0.29) is 43.3 Å². The number of alkyl halides is 3. The molecule has 9 nitrogen and oxygen atoms in total. The Morgan fingerprint density at radius 3 is 2.44 bits per heavy atom. The Balaban J connectivity index is 1.32. The van der Waals surface area contributed by atoms with Crippen molar-refractivity contribution >= 4 is 17.4 Å². The second kappa shape index (κ2) is 14.3. The van der Waals surface area contributed by atoms with Crippen LogP contribution in [0.25, 0.3) is 11.1 Å². The van der Waals surface area contributed by atoms with Crippen LogP contribution in [0.1, 0.15) is 64.5 Å². The number of hydrogen-bond donors (Lipinski definition) is 2. The highest BCUT2D eigenvalue weighted by Gasteiger charge is 2.42. The number of morpholine rings is 1. The molecule has 1 atom stereocenters. The predicted molar refractivity (Wildman–Crippen MR) is 179 cm³/mol. The minimum atomic E-state index is -4.30. The first kappa shape index (κ1) is 34.0. The van der Waals surface area contributed by atoms with Gasteiger partial charge in [-0.05, 0) is 99.4 Å². The van der Waals surface area contributed by atoms with Crippen molar-refractivity contribution in [1.29, 1.82) is 0 Å². The van der Waals surface area contributed by atoms with Gasteiger partial charge in [0, 0.05) is 79.7 Å². The molecule has 6 rings (SSSR count). The van der Waals surface area contributed by atoms with E-state index in [9.17, 15) is 22.8 Å². The molecule has 1 unspecified atom stereocenters. The maximum Gasteiger partial charge on any atom is 0.392 e. The van der Waals surface area contributed by atoms with E-state index in [4.69, 9.17) is 14.5 Å². The van der Waals surface area contributed by atoms with Gasteiger partial charge < -0.3 is 29.6 Å². The molecule has 2 saturated heterocycles. The Morgan fingerprint density at radius 2 is 1.77 bits per heavy atom. The van der Waals surface area contributed by atoms with Crippen molar-refractivity contribution in [3.8, 4) is 11.1 Å². The smallest absolute Gasteiger partial charge is 0.381 e. The number of pyridine rings is 2. The zero-order chi connectivity index (χ0) is 34.0. The molecule has 1 aliphatic carbocycles. The van der Waals surface area contributed by atoms with Crippen LogP contribution < -0.4 is 20.7 Å². The van der Waals surface area contributed by atoms with Crippen LogP contribution in [0.2, 0.25) is 0 Å². The van der Waals surface area contributed by atoms with E-state index in [0.29, 0.717) is 54.4 Å². The Hall–Kier alpha value is -3.90. The Morgan fingerprint density at radius 1 is 1.04 bits per heavy atom. The molecule has 1 amide bonds. The monoisotopic (exact) mass is 667 g/mol. The van der Waals surface area contributed by atoms with Crippen molar-refractivity contribution in [2.75, 3.05) is 55.9 Å². The minimum Gasteiger partial charge on any atom is -0.381 e. The molecule has 3 aromatic rings. The summed E-state index contributed by atoms with van der Waals surface area (Å²) >= 11 is 0. The number of nitrogens with zero attached hydrogens (tertiary/aromatic N) is 3. The average Bonchev–Trinajstić information content (AvgIpc) is 3.09. The van der Waals surface area contributed by atoms with Gasteiger partial charge in [-0.2, -0.15) is 13.2 Å². The lowest BCUT2D eigenvalue weighted by Crippen LogP contribution is -2.40. The number of aryl methyl sites for hydroxylation is 1. The minimum absolute atomic E-state index is 0.0811. The molecule has 1 aromatic carbocycles. The first-order chi connectivity index (χ1) is 23.0. The molecule has 12 heteroatoms. The molecule has 2 aromatic heterocycles. The van der Waals surface area contributed by atoms with E-state index < -0.39 is 12.1 Å². The molecule has 2 fully saturated rings. The van der Waals surface area contributed by atoms with Crippen LogP contribution >= 0.6 is 0 Å². The topological polar surface area (TPSA) is 99.8 Å². The lowest BCUT2D eigenvalue weighted by atomic mass is 9.81. The van der Waals surface area contributed by atoms with E-state index in [0.717, 1.165) is 60.7 Å². The van der Waals surface area contributed by atoms with Gasteiger partial charge in [0.05, 0.1) is 19.1 Å². The lowest BCUT2D eigenvalue weighted by Gasteiger charge is -2.37. The van der Waals surface area contributed by atoms with Crippen molar-refractivity contribution in [2.24, 2.45) is 5.92 Å². The number of hydrogen-bond acceptors (Lipinski definition) is 7. The second-order valence-corrected chi connectivity index (χ2v) is 13.0. The molecule has 2 N–H and O–H groups in total. The first-order valence-corrected chi connectivity index (χ1v) is 16.9. The van der Waals surface area contributed by atoms with Gasteiger partial charge in [0.1, 0.15) is 5.82 Å². The highest BCUT2D eigenvalue weighted by atomic mass is 19.4. The van der Waals surface area contributed by atoms with Gasteiger partial charge in [0.25, 0.3) is 11.5 Å². The summed E-state index contributed by atoms with van der Waals surface area (Å²) in [6, 6.07) is 8.25. The summed E-state index contributed by atoms with van der Waals surface area (Å²) in [5, 5.41) is 2.95. The zero-order valence-corrected chi connectivity index (χ0v) is 27.8. The number of anilines is 2. The number of benzene rings is 1. The van der Waals surface area contributed by atoms with Crippen LogP contribution in [-0.4, -0.2) is 74.2 Å². The fourth-order valence-corrected chi connectivity index (χ4v) is 7.40. The van der Waals surface area contributed by atoms with Crippen LogP contribution in [0.5, 0.6) is 0 Å². The predicted octanol–water partition coefficient (Wildman–Crippen LogP) is 5.49. The molecule has 4 heterocycles. The SMILES string of the molecule is CCN(c1cc(-c2ccc(N3CCOCC3)nc2)cc(C(=O)NCc2c3c(c(C)[nH]c2=O)CC(C(F)(F)F)CC3)c1C)C1CCOCC1. The van der Waals surface area contributed by atoms with E-state index in [1.807, 2.05) is 31.3 Å². The number of nitrogens with one attached hydrogen (secondary N) is 2. The molecular weight excluding hydrogens is 623 g/mol. The third kappa shape index (κ3) is 7.10. The summed E-state index contributed by atoms with van der Waals surface area (Å²) in [7, 11) is 0. The fraction of sp³-hybridized carbons (Fsp3) is 0.528. The van der Waals surface area contributed by atoms with E-state index >= 15 is 0 Å². The Labute approximate surface area is 278 Å². The number of halogens is 3. The largest absolute Gasteiger partial charge is 0.392 e. The third-order valence-corrected chi connectivity index (χ3v) is 10.2. The molecule has 48 heavy (non-hydrogen) atoms. The normalized spacial score (nSPS) is 18.8. The van der Waals surface area contributed by atoms with Crippen molar-refractivity contribution in [1.82, 2.24) is 15.3 Å². The van der Waals surface area contributed by atoms with E-state index in [1.54, 1.807) is 6.92 Å². The van der Waals surface area contributed by atoms with E-state index in [1.165, 1.54) is 0 Å². The summed E-state index contributed by atoms with van der Waals surface area (Å²) in [6.07, 6.45) is -0.830. The molecule has 258 valence electrons. The number of carbonyl (C=O) groups excluding carboxylic acids is 1. The summed E-state index contributed by atoms with van der Waals surface area (Å²) < 4.78 is 51.8. The maximum atomic E-state index is 14.0. The van der Waals surface area contributed by atoms with Gasteiger partial charge in [0.2, 0.25) is 0 Å². The number of ether oxygens (including phenoxy) is 2. The van der Waals surface area contributed by atoms with Crippen molar-refractivity contribution in [2.45, 2.75) is 71.6 Å². The molecule has 0 saturated carbocycles. The molecule has 3 aliphatic rings. The summed E-state index contributed by atoms with van der Waals surface area (Å²) in [6.45, 7) is 10.6. The average molecular weight is 668 g/mol. The van der Waals surface area contributed by atoms with Gasteiger partial charge in [-0.1, -0.05) is 0 Å². The lowest BCUT2D eigenvalue weighted by molar-refractivity contribution is -0.177. The fourth-order valence-electron chi connectivity index (χ4n) is 7.40. The van der Waals surface area contributed by atoms with Crippen molar-refractivity contribution in [3.05, 3.63) is 74.3 Å². The number of fused-ring (bicyclic) bond motifs is 1. The van der Waals surface area contributed by atoms with E-state index in [2.05, 4.69) is 33.1 Å². The Kier molecular flexibility index (Phi) is 10.1. The van der Waals surface area contributed by atoms with Crippen molar-refractivity contribution in [3.63, 3.8) is 0 Å². The number of aromatic amines is 1. The number of amides is 1. The van der Waals surface area contributed by atoms with Crippen LogP contribution in [0.4, 0.5) is 24.7 Å². The van der Waals surface area contributed by atoms with Gasteiger partial charge >= 0.3 is 6.18 Å². The molecule has 0 radical (unpaired) electrons. The van der Waals surface area contributed by atoms with Gasteiger partial charge in [-0.15, -0.1) is 0 Å². The van der Waals surface area contributed by atoms with Crippen LogP contribution in [-0.2, 0) is 28.9 Å². The standard InChI is InChI=1S/C36H44F3N5O4/c1-4-44(27-9-13-47-14-10-27)32-18-25(24-5-8-33(40-20-24)43-11-15-48-16-12-43)17-29(22(32)2)34(45)41-21-31-28-7-6-26(36(37,38)39)19-30(28)23(3)42-35(31)46/h5,8,17-18,20,26-27H,4,6-7,9-16,19,21H2,1-3H3,(H,41,45)(H,42,46). The van der Waals surface area contributed by atoms with Crippen LogP contribution in [0.3, 0.4) is 0 Å². The van der Waals surface area contributed by atoms with Gasteiger partial charge in [-0.25, -0.2) is 4.98 Å². The Bertz CT molecular complexity index is 1680. The number of aromatic nitrogens is 2. The quantitative estimate of drug-likeness (QED) is 0.328. The van der Waals surface area contributed by atoms with Crippen LogP contribution in [0.15, 0.2) is 35.3 Å². The number of H-pyrrole nitrogens is 1. The van der Waals surface area contributed by atoms with Crippen LogP contribution in [0, 0.1) is 19.8 Å². The van der Waals surface area contributed by atoms with Gasteiger partial charge in [0.15, 0.2) is 0 Å². The summed E-state index contributed by atoms with van der Waals surface area (Å²) in [4.78, 5) is 39.1. The molecule has 0 bridgehead atoms. The third-order valence-electron chi connectivity index (χ3n) is 10.2. The first-order valence-electron chi connectivity index (χ1n) is 16.9. The van der Waals surface area contributed by atoms with Gasteiger partial charge in [-0.3, -0.25) is 9.59 Å². The highest BCUT2D eigenvalue weighted by Crippen LogP contribution is 2.38. The summed E-state index contributed by atoms with van der Waals surface area (Å²) in [5.74, 6) is -0.928. The summed E-state index contributed by atoms with van der Waals surface area (Å²) in [5.41, 5.74) is 5.48. The number of carbonyl (C=O) groups is 1. The number of rotatable bonds is 8. The highest BCUT2D eigenvalue weighted by molar-refractivity contribution is 5.99. The second-order valence-electron chi connectivity index (χ2n) is 13.0. The molecular formula is C36H44F3N5O4. The molecule has 0 spiro atoms. The van der Waals surface area contributed by atoms with Crippen molar-refractivity contribution < 1.29 is 27.4 Å². The zero-order valence-electron chi connectivity index (χ0n) is 27.8. The molecule has 2 aliphatic heterocycles.